The second-order valence-corrected chi connectivity index (χ2v) is 11.0. The highest BCUT2D eigenvalue weighted by Crippen LogP contribution is 2.26. The Morgan fingerprint density at radius 2 is 1.51 bits per heavy atom. The summed E-state index contributed by atoms with van der Waals surface area (Å²) in [6.07, 6.45) is 0.463. The minimum Gasteiger partial charge on any atom is -0.489 e. The van der Waals surface area contributed by atoms with Crippen LogP contribution in [0.5, 0.6) is 17.2 Å². The van der Waals surface area contributed by atoms with Crippen molar-refractivity contribution in [3.05, 3.63) is 124 Å². The smallest absolute Gasteiger partial charge is 0.323 e. The van der Waals surface area contributed by atoms with Crippen molar-refractivity contribution in [1.82, 2.24) is 10.2 Å². The summed E-state index contributed by atoms with van der Waals surface area (Å²) in [4.78, 5) is 28.0. The van der Waals surface area contributed by atoms with E-state index >= 15 is 0 Å². The van der Waals surface area contributed by atoms with Gasteiger partial charge < -0.3 is 19.5 Å². The molecule has 9 heteroatoms. The quantitative estimate of drug-likeness (QED) is 0.178. The van der Waals surface area contributed by atoms with Crippen molar-refractivity contribution in [3.8, 4) is 17.2 Å². The summed E-state index contributed by atoms with van der Waals surface area (Å²) >= 11 is 12.1. The van der Waals surface area contributed by atoms with Gasteiger partial charge in [-0.05, 0) is 85.1 Å². The zero-order chi connectivity index (χ0) is 30.2. The average molecular weight is 620 g/mol. The number of benzene rings is 4. The highest BCUT2D eigenvalue weighted by atomic mass is 35.5. The van der Waals surface area contributed by atoms with Crippen molar-refractivity contribution in [2.75, 3.05) is 13.2 Å². The van der Waals surface area contributed by atoms with Crippen LogP contribution in [0.3, 0.4) is 0 Å². The molecule has 7 nitrogen and oxygen atoms in total. The molecule has 1 N–H and O–H groups in total. The number of carbonyl (C=O) groups is 2. The van der Waals surface area contributed by atoms with Crippen LogP contribution in [-0.2, 0) is 22.7 Å². The molecule has 222 valence electrons. The molecule has 43 heavy (non-hydrogen) atoms. The van der Waals surface area contributed by atoms with Gasteiger partial charge >= 0.3 is 5.97 Å². The number of para-hydroxylation sites is 1. The molecule has 1 aliphatic rings. The summed E-state index contributed by atoms with van der Waals surface area (Å²) < 4.78 is 17.1. The molecule has 1 amide bonds. The fraction of sp³-hybridized carbons (Fsp3) is 0.235. The van der Waals surface area contributed by atoms with Gasteiger partial charge in [0, 0.05) is 24.7 Å². The van der Waals surface area contributed by atoms with Crippen molar-refractivity contribution in [3.63, 3.8) is 0 Å². The number of likely N-dealkylation sites (tertiary alicyclic amines) is 1. The summed E-state index contributed by atoms with van der Waals surface area (Å²) in [7, 11) is 0. The number of nitrogens with zero attached hydrogens (tertiary/aromatic N) is 1. The number of ether oxygens (including phenoxy) is 3. The Bertz CT molecular complexity index is 1530. The molecule has 0 aromatic heterocycles. The Morgan fingerprint density at radius 1 is 0.837 bits per heavy atom. The van der Waals surface area contributed by atoms with Crippen LogP contribution in [0, 0.1) is 0 Å². The van der Waals surface area contributed by atoms with E-state index in [1.165, 1.54) is 0 Å². The van der Waals surface area contributed by atoms with Crippen LogP contribution in [0.15, 0.2) is 97.1 Å². The molecule has 1 heterocycles. The van der Waals surface area contributed by atoms with E-state index < -0.39 is 6.04 Å². The molecule has 0 bridgehead atoms. The van der Waals surface area contributed by atoms with E-state index in [1.807, 2.05) is 60.7 Å². The SMILES string of the molecule is CCOC(=O)[C@@H]1C[C@H](NC(=O)c2ccc(OCc3ccc(Cl)c(Cl)c3)cc2)CN1Cc1ccc(Oc2ccccc2)cc1. The van der Waals surface area contributed by atoms with Gasteiger partial charge in [-0.1, -0.05) is 59.6 Å². The fourth-order valence-electron chi connectivity index (χ4n) is 4.96. The number of halogens is 2. The van der Waals surface area contributed by atoms with Gasteiger partial charge in [0.15, 0.2) is 0 Å². The third-order valence-electron chi connectivity index (χ3n) is 7.09. The molecule has 4 aromatic carbocycles. The number of hydrogen-bond donors (Lipinski definition) is 1. The topological polar surface area (TPSA) is 77.1 Å². The first-order valence-electron chi connectivity index (χ1n) is 14.1. The largest absolute Gasteiger partial charge is 0.489 e. The molecule has 4 aromatic rings. The third-order valence-corrected chi connectivity index (χ3v) is 7.83. The molecular formula is C34H32Cl2N2O5. The predicted octanol–water partition coefficient (Wildman–Crippen LogP) is 7.30. The molecule has 0 unspecified atom stereocenters. The summed E-state index contributed by atoms with van der Waals surface area (Å²) in [5, 5.41) is 4.04. The Hall–Kier alpha value is -4.04. The van der Waals surface area contributed by atoms with Crippen LogP contribution in [0.1, 0.15) is 34.8 Å². The number of carbonyl (C=O) groups excluding carboxylic acids is 2. The monoisotopic (exact) mass is 618 g/mol. The van der Waals surface area contributed by atoms with Crippen molar-refractivity contribution in [1.29, 1.82) is 0 Å². The number of nitrogens with one attached hydrogen (secondary N) is 1. The Labute approximate surface area is 261 Å². The van der Waals surface area contributed by atoms with Gasteiger partial charge in [-0.3, -0.25) is 14.5 Å². The van der Waals surface area contributed by atoms with E-state index in [9.17, 15) is 9.59 Å². The number of hydrogen-bond acceptors (Lipinski definition) is 6. The van der Waals surface area contributed by atoms with E-state index in [0.717, 1.165) is 22.6 Å². The lowest BCUT2D eigenvalue weighted by molar-refractivity contribution is -0.148. The van der Waals surface area contributed by atoms with Crippen LogP contribution in [0.25, 0.3) is 0 Å². The normalized spacial score (nSPS) is 16.4. The first-order chi connectivity index (χ1) is 20.9. The maximum Gasteiger partial charge on any atom is 0.323 e. The van der Waals surface area contributed by atoms with Crippen molar-refractivity contribution in [2.45, 2.75) is 38.6 Å². The number of rotatable bonds is 11. The minimum atomic E-state index is -0.456. The molecule has 1 saturated heterocycles. The van der Waals surface area contributed by atoms with Crippen LogP contribution in [0.4, 0.5) is 0 Å². The van der Waals surface area contributed by atoms with Crippen molar-refractivity contribution < 1.29 is 23.8 Å². The minimum absolute atomic E-state index is 0.215. The highest BCUT2D eigenvalue weighted by molar-refractivity contribution is 6.42. The van der Waals surface area contributed by atoms with E-state index in [0.29, 0.717) is 54.1 Å². The van der Waals surface area contributed by atoms with Crippen LogP contribution in [0.2, 0.25) is 10.0 Å². The summed E-state index contributed by atoms with van der Waals surface area (Å²) in [5.74, 6) is 1.62. The van der Waals surface area contributed by atoms with Gasteiger partial charge in [-0.15, -0.1) is 0 Å². The third kappa shape index (κ3) is 8.29. The van der Waals surface area contributed by atoms with Crippen molar-refractivity contribution in [2.24, 2.45) is 0 Å². The van der Waals surface area contributed by atoms with Gasteiger partial charge in [0.2, 0.25) is 0 Å². The Kier molecular flexibility index (Phi) is 10.2. The standard InChI is InChI=1S/C34H32Cl2N2O5/c1-2-41-34(40)32-19-26(21-38(32)20-23-8-13-29(14-9-23)43-28-6-4-3-5-7-28)37-33(39)25-11-15-27(16-12-25)42-22-24-10-17-30(35)31(36)18-24/h3-18,26,32H,2,19-22H2,1H3,(H,37,39)/t26-,32-/m0/s1. The van der Waals surface area contributed by atoms with Gasteiger partial charge in [0.05, 0.1) is 16.7 Å². The maximum atomic E-state index is 13.1. The zero-order valence-electron chi connectivity index (χ0n) is 23.7. The van der Waals surface area contributed by atoms with E-state index in [4.69, 9.17) is 37.4 Å². The maximum absolute atomic E-state index is 13.1. The van der Waals surface area contributed by atoms with Crippen LogP contribution in [-0.4, -0.2) is 42.0 Å². The lowest BCUT2D eigenvalue weighted by Crippen LogP contribution is -2.38. The van der Waals surface area contributed by atoms with E-state index in [-0.39, 0.29) is 17.9 Å². The summed E-state index contributed by atoms with van der Waals surface area (Å²) in [5.41, 5.74) is 2.41. The lowest BCUT2D eigenvalue weighted by Gasteiger charge is -2.22. The molecule has 1 aliphatic heterocycles. The molecule has 0 spiro atoms. The number of amides is 1. The molecular weight excluding hydrogens is 587 g/mol. The fourth-order valence-corrected chi connectivity index (χ4v) is 5.28. The van der Waals surface area contributed by atoms with Gasteiger partial charge in [0.25, 0.3) is 5.91 Å². The highest BCUT2D eigenvalue weighted by Gasteiger charge is 2.38. The lowest BCUT2D eigenvalue weighted by atomic mass is 10.1. The van der Waals surface area contributed by atoms with Crippen LogP contribution >= 0.6 is 23.2 Å². The van der Waals surface area contributed by atoms with E-state index in [2.05, 4.69) is 10.2 Å². The van der Waals surface area contributed by atoms with E-state index in [1.54, 1.807) is 43.3 Å². The molecule has 2 atom stereocenters. The molecule has 0 aliphatic carbocycles. The Morgan fingerprint density at radius 3 is 2.21 bits per heavy atom. The first-order valence-corrected chi connectivity index (χ1v) is 14.8. The van der Waals surface area contributed by atoms with Crippen LogP contribution < -0.4 is 14.8 Å². The summed E-state index contributed by atoms with van der Waals surface area (Å²) in [6, 6.07) is 29.0. The average Bonchev–Trinajstić information content (AvgIpc) is 3.41. The summed E-state index contributed by atoms with van der Waals surface area (Å²) in [6.45, 7) is 3.46. The second-order valence-electron chi connectivity index (χ2n) is 10.2. The van der Waals surface area contributed by atoms with Gasteiger partial charge in [-0.25, -0.2) is 0 Å². The first kappa shape index (κ1) is 30.4. The van der Waals surface area contributed by atoms with Gasteiger partial charge in [0.1, 0.15) is 29.9 Å². The zero-order valence-corrected chi connectivity index (χ0v) is 25.2. The van der Waals surface area contributed by atoms with Crippen molar-refractivity contribution >= 4 is 35.1 Å². The molecule has 5 rings (SSSR count). The second kappa shape index (κ2) is 14.4. The molecule has 1 fully saturated rings. The number of esters is 1. The van der Waals surface area contributed by atoms with Gasteiger partial charge in [-0.2, -0.15) is 0 Å². The Balaban J connectivity index is 1.17. The predicted molar refractivity (Wildman–Crippen MR) is 167 cm³/mol. The molecule has 0 saturated carbocycles. The molecule has 0 radical (unpaired) electrons.